The number of rotatable bonds is 7. The van der Waals surface area contributed by atoms with Gasteiger partial charge in [0.2, 0.25) is 0 Å². The fourth-order valence-electron chi connectivity index (χ4n) is 3.98. The van der Waals surface area contributed by atoms with E-state index in [1.54, 1.807) is 0 Å². The van der Waals surface area contributed by atoms with Gasteiger partial charge in [-0.15, -0.1) is 24.0 Å². The van der Waals surface area contributed by atoms with Gasteiger partial charge in [0, 0.05) is 50.0 Å². The number of aliphatic imine (C=N–C) groups is 1. The van der Waals surface area contributed by atoms with Crippen LogP contribution in [-0.4, -0.2) is 65.6 Å². The molecule has 1 saturated carbocycles. The Hall–Kier alpha value is -0.870. The molecule has 3 rings (SSSR count). The Bertz CT molecular complexity index is 663. The van der Waals surface area contributed by atoms with Gasteiger partial charge in [-0.05, 0) is 19.8 Å². The lowest BCUT2D eigenvalue weighted by Crippen LogP contribution is -2.64. The number of ether oxygens (including phenoxy) is 2. The zero-order valence-corrected chi connectivity index (χ0v) is 20.9. The van der Waals surface area contributed by atoms with Crippen molar-refractivity contribution in [3.63, 3.8) is 0 Å². The lowest BCUT2D eigenvalue weighted by molar-refractivity contribution is -0.114. The van der Waals surface area contributed by atoms with Crippen molar-refractivity contribution < 1.29 is 9.47 Å². The van der Waals surface area contributed by atoms with E-state index in [4.69, 9.17) is 14.5 Å². The molecule has 1 aliphatic heterocycles. The third-order valence-electron chi connectivity index (χ3n) is 6.07. The number of guanidine groups is 1. The van der Waals surface area contributed by atoms with Crippen molar-refractivity contribution in [2.24, 2.45) is 17.5 Å². The number of aromatic nitrogens is 2. The van der Waals surface area contributed by atoms with Gasteiger partial charge < -0.3 is 19.7 Å². The molecule has 29 heavy (non-hydrogen) atoms. The maximum Gasteiger partial charge on any atom is 0.194 e. The predicted octanol–water partition coefficient (Wildman–Crippen LogP) is 3.36. The molecule has 1 saturated heterocycles. The van der Waals surface area contributed by atoms with E-state index in [9.17, 15) is 0 Å². The molecule has 2 heterocycles. The molecule has 7 nitrogen and oxygen atoms in total. The number of hydrogen-bond acceptors (Lipinski definition) is 4. The summed E-state index contributed by atoms with van der Waals surface area (Å²) in [5.41, 5.74) is 1.23. The highest BCUT2D eigenvalue weighted by atomic mass is 127. The Morgan fingerprint density at radius 2 is 2.21 bits per heavy atom. The molecule has 2 fully saturated rings. The molecule has 0 amide bonds. The van der Waals surface area contributed by atoms with E-state index in [1.807, 2.05) is 24.1 Å². The van der Waals surface area contributed by atoms with E-state index in [0.29, 0.717) is 18.8 Å². The molecule has 3 unspecified atom stereocenters. The topological polar surface area (TPSA) is 63.9 Å². The molecule has 0 radical (unpaired) electrons. The fourth-order valence-corrected chi connectivity index (χ4v) is 3.98. The largest absolute Gasteiger partial charge is 0.378 e. The molecule has 2 aliphatic rings. The highest BCUT2D eigenvalue weighted by Gasteiger charge is 2.49. The normalized spacial score (nSPS) is 26.6. The summed E-state index contributed by atoms with van der Waals surface area (Å²) < 4.78 is 13.9. The van der Waals surface area contributed by atoms with E-state index >= 15 is 0 Å². The fraction of sp³-hybridized carbons (Fsp3) is 0.810. The molecule has 1 aliphatic carbocycles. The van der Waals surface area contributed by atoms with Gasteiger partial charge in [-0.3, -0.25) is 9.67 Å². The third kappa shape index (κ3) is 5.85. The second-order valence-corrected chi connectivity index (χ2v) is 8.52. The predicted molar refractivity (Wildman–Crippen MR) is 127 cm³/mol. The first-order chi connectivity index (χ1) is 13.5. The molecule has 8 heteroatoms. The van der Waals surface area contributed by atoms with E-state index in [2.05, 4.69) is 43.0 Å². The lowest BCUT2D eigenvalue weighted by atomic mass is 9.64. The van der Waals surface area contributed by atoms with Gasteiger partial charge in [-0.1, -0.05) is 27.2 Å². The van der Waals surface area contributed by atoms with Crippen LogP contribution in [0.25, 0.3) is 0 Å². The molecule has 1 aromatic heterocycles. The average Bonchev–Trinajstić information content (AvgIpc) is 3.12. The maximum absolute atomic E-state index is 6.11. The number of hydrogen-bond donors (Lipinski definition) is 1. The van der Waals surface area contributed by atoms with Crippen molar-refractivity contribution in [1.29, 1.82) is 0 Å². The van der Waals surface area contributed by atoms with Crippen LogP contribution >= 0.6 is 24.0 Å². The van der Waals surface area contributed by atoms with E-state index in [0.717, 1.165) is 50.6 Å². The minimum atomic E-state index is 0. The Morgan fingerprint density at radius 3 is 2.83 bits per heavy atom. The van der Waals surface area contributed by atoms with Gasteiger partial charge in [0.05, 0.1) is 25.5 Å². The van der Waals surface area contributed by atoms with Crippen LogP contribution in [0.5, 0.6) is 0 Å². The molecule has 1 N–H and O–H groups in total. The number of morpholine rings is 1. The molecule has 1 aromatic rings. The molecular formula is C21H38IN5O2. The summed E-state index contributed by atoms with van der Waals surface area (Å²) in [7, 11) is 1.94. The van der Waals surface area contributed by atoms with E-state index in [1.165, 1.54) is 6.42 Å². The molecule has 0 aromatic carbocycles. The van der Waals surface area contributed by atoms with Crippen molar-refractivity contribution in [3.05, 3.63) is 18.0 Å². The molecule has 3 atom stereocenters. The summed E-state index contributed by atoms with van der Waals surface area (Å²) >= 11 is 0. The summed E-state index contributed by atoms with van der Waals surface area (Å²) in [6, 6.07) is 0.379. The quantitative estimate of drug-likeness (QED) is 0.259. The SMILES string of the molecule is CCCCOC1CC(NC(=NCC)N2CCOC(c3cnn(C)c3)C2)C1(C)C.I. The minimum absolute atomic E-state index is 0. The molecular weight excluding hydrogens is 481 g/mol. The lowest BCUT2D eigenvalue weighted by Gasteiger charge is -2.52. The number of halogens is 1. The molecule has 0 bridgehead atoms. The van der Waals surface area contributed by atoms with Crippen molar-refractivity contribution >= 4 is 29.9 Å². The van der Waals surface area contributed by atoms with Crippen molar-refractivity contribution in [2.75, 3.05) is 32.8 Å². The van der Waals surface area contributed by atoms with Gasteiger partial charge >= 0.3 is 0 Å². The van der Waals surface area contributed by atoms with Crippen LogP contribution < -0.4 is 5.32 Å². The zero-order valence-electron chi connectivity index (χ0n) is 18.6. The summed E-state index contributed by atoms with van der Waals surface area (Å²) in [5, 5.41) is 8.02. The van der Waals surface area contributed by atoms with E-state index < -0.39 is 0 Å². The Balaban J connectivity index is 0.00000300. The Kier molecular flexibility index (Phi) is 9.21. The third-order valence-corrected chi connectivity index (χ3v) is 6.07. The second kappa shape index (κ2) is 10.9. The Labute approximate surface area is 192 Å². The van der Waals surface area contributed by atoms with Gasteiger partial charge in [0.1, 0.15) is 6.10 Å². The zero-order chi connectivity index (χ0) is 20.1. The summed E-state index contributed by atoms with van der Waals surface area (Å²) in [4.78, 5) is 7.11. The Morgan fingerprint density at radius 1 is 1.41 bits per heavy atom. The monoisotopic (exact) mass is 519 g/mol. The van der Waals surface area contributed by atoms with Crippen LogP contribution in [0, 0.1) is 5.41 Å². The van der Waals surface area contributed by atoms with Gasteiger partial charge in [-0.25, -0.2) is 0 Å². The van der Waals surface area contributed by atoms with Crippen molar-refractivity contribution in [3.8, 4) is 0 Å². The number of nitrogens with zero attached hydrogens (tertiary/aromatic N) is 4. The minimum Gasteiger partial charge on any atom is -0.378 e. The van der Waals surface area contributed by atoms with Gasteiger partial charge in [0.15, 0.2) is 5.96 Å². The van der Waals surface area contributed by atoms with Crippen molar-refractivity contribution in [1.82, 2.24) is 20.0 Å². The smallest absolute Gasteiger partial charge is 0.194 e. The van der Waals surface area contributed by atoms with Crippen molar-refractivity contribution in [2.45, 2.75) is 65.2 Å². The summed E-state index contributed by atoms with van der Waals surface area (Å²) in [6.45, 7) is 12.9. The van der Waals surface area contributed by atoms with Gasteiger partial charge in [-0.2, -0.15) is 5.10 Å². The van der Waals surface area contributed by atoms with Gasteiger partial charge in [0.25, 0.3) is 0 Å². The standard InChI is InChI=1S/C21H37N5O2.HI/c1-6-8-10-28-19-12-18(21(19,3)4)24-20(22-7-2)26-9-11-27-17(15-26)16-13-23-25(5)14-16;/h13-14,17-19H,6-12,15H2,1-5H3,(H,22,24);1H. The summed E-state index contributed by atoms with van der Waals surface area (Å²) in [6.07, 6.45) is 7.64. The van der Waals surface area contributed by atoms with Crippen LogP contribution in [0.2, 0.25) is 0 Å². The number of nitrogens with one attached hydrogen (secondary N) is 1. The highest BCUT2D eigenvalue weighted by Crippen LogP contribution is 2.43. The van der Waals surface area contributed by atoms with Crippen LogP contribution in [0.1, 0.15) is 58.6 Å². The maximum atomic E-state index is 6.11. The number of aryl methyl sites for hydroxylation is 1. The van der Waals surface area contributed by atoms with Crippen LogP contribution in [0.15, 0.2) is 17.4 Å². The van der Waals surface area contributed by atoms with Crippen LogP contribution in [0.3, 0.4) is 0 Å². The number of unbranched alkanes of at least 4 members (excludes halogenated alkanes) is 1. The second-order valence-electron chi connectivity index (χ2n) is 8.52. The van der Waals surface area contributed by atoms with Crippen LogP contribution in [-0.2, 0) is 16.5 Å². The first-order valence-electron chi connectivity index (χ1n) is 10.7. The summed E-state index contributed by atoms with van der Waals surface area (Å²) in [5.74, 6) is 0.991. The highest BCUT2D eigenvalue weighted by molar-refractivity contribution is 14.0. The molecule has 0 spiro atoms. The first-order valence-corrected chi connectivity index (χ1v) is 10.7. The average molecular weight is 519 g/mol. The van der Waals surface area contributed by atoms with E-state index in [-0.39, 0.29) is 35.5 Å². The first kappa shape index (κ1) is 24.4. The molecule has 166 valence electrons. The van der Waals surface area contributed by atoms with Crippen LogP contribution in [0.4, 0.5) is 0 Å².